The fourth-order valence-electron chi connectivity index (χ4n) is 1.94. The van der Waals surface area contributed by atoms with Crippen LogP contribution in [0.4, 0.5) is 6.01 Å². The first-order valence-corrected chi connectivity index (χ1v) is 8.02. The lowest BCUT2D eigenvalue weighted by Crippen LogP contribution is -2.30. The van der Waals surface area contributed by atoms with Crippen molar-refractivity contribution < 1.29 is 4.42 Å². The molecule has 2 heterocycles. The largest absolute Gasteiger partial charge is 0.432 e. The highest BCUT2D eigenvalue weighted by molar-refractivity contribution is 7.09. The van der Waals surface area contributed by atoms with E-state index in [0.717, 1.165) is 31.7 Å². The van der Waals surface area contributed by atoms with Gasteiger partial charge in [-0.2, -0.15) is 4.98 Å². The van der Waals surface area contributed by atoms with Gasteiger partial charge in [0.15, 0.2) is 0 Å². The van der Waals surface area contributed by atoms with Crippen LogP contribution in [0.5, 0.6) is 0 Å². The summed E-state index contributed by atoms with van der Waals surface area (Å²) in [5.74, 6) is 0. The number of hydrogen-bond acceptors (Lipinski definition) is 5. The molecule has 0 aromatic carbocycles. The van der Waals surface area contributed by atoms with Crippen molar-refractivity contribution >= 4 is 17.4 Å². The number of thiophene rings is 1. The number of hydrogen-bond donors (Lipinski definition) is 1. The molecular weight excluding hydrogens is 270 g/mol. The molecule has 0 unspecified atom stereocenters. The molecule has 2 rings (SSSR count). The maximum atomic E-state index is 5.65. The Kier molecular flexibility index (Phi) is 5.61. The van der Waals surface area contributed by atoms with Crippen LogP contribution in [0.3, 0.4) is 0 Å². The average Bonchev–Trinajstić information content (AvgIpc) is 3.07. The minimum Gasteiger partial charge on any atom is -0.432 e. The normalized spacial score (nSPS) is 11.2. The quantitative estimate of drug-likeness (QED) is 0.754. The minimum atomic E-state index is 0.354. The molecule has 0 amide bonds. The van der Waals surface area contributed by atoms with Gasteiger partial charge in [-0.25, -0.2) is 0 Å². The van der Waals surface area contributed by atoms with Gasteiger partial charge < -0.3 is 14.6 Å². The molecule has 0 saturated carbocycles. The second kappa shape index (κ2) is 7.45. The lowest BCUT2D eigenvalue weighted by Gasteiger charge is -2.24. The van der Waals surface area contributed by atoms with E-state index >= 15 is 0 Å². The lowest BCUT2D eigenvalue weighted by atomic mass is 10.3. The summed E-state index contributed by atoms with van der Waals surface area (Å²) in [6.07, 6.45) is 2.88. The van der Waals surface area contributed by atoms with E-state index in [1.165, 1.54) is 4.88 Å². The van der Waals surface area contributed by atoms with Crippen LogP contribution in [0.2, 0.25) is 0 Å². The SMILES string of the molecule is CCCNCc1coc(N(Cc2cccs2)C(C)C)n1. The number of rotatable bonds is 8. The van der Waals surface area contributed by atoms with Crippen LogP contribution in [-0.4, -0.2) is 17.6 Å². The van der Waals surface area contributed by atoms with E-state index in [0.29, 0.717) is 12.1 Å². The van der Waals surface area contributed by atoms with Crippen molar-refractivity contribution in [3.05, 3.63) is 34.3 Å². The van der Waals surface area contributed by atoms with Crippen LogP contribution >= 0.6 is 11.3 Å². The molecule has 1 N–H and O–H groups in total. The van der Waals surface area contributed by atoms with Gasteiger partial charge in [-0.15, -0.1) is 11.3 Å². The molecule has 2 aromatic rings. The van der Waals surface area contributed by atoms with E-state index in [1.807, 2.05) is 0 Å². The summed E-state index contributed by atoms with van der Waals surface area (Å²) in [5, 5.41) is 5.44. The van der Waals surface area contributed by atoms with Crippen molar-refractivity contribution in [1.29, 1.82) is 0 Å². The summed E-state index contributed by atoms with van der Waals surface area (Å²) < 4.78 is 5.65. The Morgan fingerprint density at radius 3 is 2.95 bits per heavy atom. The molecule has 0 saturated heterocycles. The molecule has 0 radical (unpaired) electrons. The highest BCUT2D eigenvalue weighted by atomic mass is 32.1. The zero-order valence-electron chi connectivity index (χ0n) is 12.4. The molecular formula is C15H23N3OS. The van der Waals surface area contributed by atoms with E-state index < -0.39 is 0 Å². The topological polar surface area (TPSA) is 41.3 Å². The Morgan fingerprint density at radius 1 is 1.45 bits per heavy atom. The number of nitrogens with one attached hydrogen (secondary N) is 1. The van der Waals surface area contributed by atoms with Gasteiger partial charge in [0.2, 0.25) is 0 Å². The average molecular weight is 293 g/mol. The molecule has 0 aliphatic carbocycles. The summed E-state index contributed by atoms with van der Waals surface area (Å²) in [4.78, 5) is 8.10. The molecule has 20 heavy (non-hydrogen) atoms. The molecule has 0 spiro atoms. The number of aromatic nitrogens is 1. The number of nitrogens with zero attached hydrogens (tertiary/aromatic N) is 2. The zero-order valence-corrected chi connectivity index (χ0v) is 13.2. The lowest BCUT2D eigenvalue weighted by molar-refractivity contribution is 0.510. The fourth-order valence-corrected chi connectivity index (χ4v) is 2.65. The first-order chi connectivity index (χ1) is 9.70. The summed E-state index contributed by atoms with van der Waals surface area (Å²) in [6.45, 7) is 9.09. The minimum absolute atomic E-state index is 0.354. The maximum absolute atomic E-state index is 5.65. The second-order valence-electron chi connectivity index (χ2n) is 5.10. The van der Waals surface area contributed by atoms with Crippen LogP contribution < -0.4 is 10.2 Å². The first-order valence-electron chi connectivity index (χ1n) is 7.14. The van der Waals surface area contributed by atoms with Gasteiger partial charge in [-0.1, -0.05) is 13.0 Å². The van der Waals surface area contributed by atoms with Crippen molar-refractivity contribution in [1.82, 2.24) is 10.3 Å². The van der Waals surface area contributed by atoms with Gasteiger partial charge in [0.1, 0.15) is 6.26 Å². The number of oxazole rings is 1. The van der Waals surface area contributed by atoms with Crippen LogP contribution in [0.25, 0.3) is 0 Å². The van der Waals surface area contributed by atoms with Crippen molar-refractivity contribution in [2.75, 3.05) is 11.4 Å². The Bertz CT molecular complexity index is 493. The van der Waals surface area contributed by atoms with Gasteiger partial charge in [0.05, 0.1) is 12.2 Å². The summed E-state index contributed by atoms with van der Waals surface area (Å²) in [6, 6.07) is 5.29. The van der Waals surface area contributed by atoms with Crippen LogP contribution in [-0.2, 0) is 13.1 Å². The third kappa shape index (κ3) is 4.08. The molecule has 5 heteroatoms. The molecule has 2 aromatic heterocycles. The standard InChI is InChI=1S/C15H23N3OS/c1-4-7-16-9-13-11-19-15(17-13)18(12(2)3)10-14-6-5-8-20-14/h5-6,8,11-12,16H,4,7,9-10H2,1-3H3. The van der Waals surface area contributed by atoms with Gasteiger partial charge in [-0.05, 0) is 38.3 Å². The molecule has 4 nitrogen and oxygen atoms in total. The molecule has 0 fully saturated rings. The van der Waals surface area contributed by atoms with Crippen LogP contribution in [0.15, 0.2) is 28.2 Å². The summed E-state index contributed by atoms with van der Waals surface area (Å²) in [7, 11) is 0. The van der Waals surface area contributed by atoms with E-state index in [2.05, 4.69) is 53.5 Å². The van der Waals surface area contributed by atoms with Crippen LogP contribution in [0.1, 0.15) is 37.8 Å². The molecule has 0 aliphatic rings. The Hall–Kier alpha value is -1.33. The van der Waals surface area contributed by atoms with Gasteiger partial charge in [0.25, 0.3) is 6.01 Å². The monoisotopic (exact) mass is 293 g/mol. The smallest absolute Gasteiger partial charge is 0.298 e. The van der Waals surface area contributed by atoms with Crippen molar-refractivity contribution in [2.45, 2.75) is 46.3 Å². The third-order valence-electron chi connectivity index (χ3n) is 3.05. The summed E-state index contributed by atoms with van der Waals surface area (Å²) in [5.41, 5.74) is 0.963. The predicted octanol–water partition coefficient (Wildman–Crippen LogP) is 3.65. The van der Waals surface area contributed by atoms with Crippen molar-refractivity contribution in [3.63, 3.8) is 0 Å². The highest BCUT2D eigenvalue weighted by Gasteiger charge is 2.17. The Balaban J connectivity index is 2.02. The number of anilines is 1. The van der Waals surface area contributed by atoms with Gasteiger partial charge in [-0.3, -0.25) is 0 Å². The fraction of sp³-hybridized carbons (Fsp3) is 0.533. The third-order valence-corrected chi connectivity index (χ3v) is 3.91. The van der Waals surface area contributed by atoms with Crippen LogP contribution in [0, 0.1) is 0 Å². The first kappa shape index (κ1) is 15.1. The molecule has 0 bridgehead atoms. The summed E-state index contributed by atoms with van der Waals surface area (Å²) >= 11 is 1.76. The maximum Gasteiger partial charge on any atom is 0.298 e. The molecule has 0 atom stereocenters. The second-order valence-corrected chi connectivity index (χ2v) is 6.13. The highest BCUT2D eigenvalue weighted by Crippen LogP contribution is 2.21. The van der Waals surface area contributed by atoms with Gasteiger partial charge >= 0.3 is 0 Å². The Labute approximate surface area is 124 Å². The van der Waals surface area contributed by atoms with E-state index in [-0.39, 0.29) is 0 Å². The zero-order chi connectivity index (χ0) is 14.4. The van der Waals surface area contributed by atoms with Crippen molar-refractivity contribution in [2.24, 2.45) is 0 Å². The van der Waals surface area contributed by atoms with E-state index in [1.54, 1.807) is 17.6 Å². The van der Waals surface area contributed by atoms with Gasteiger partial charge in [0, 0.05) is 17.5 Å². The van der Waals surface area contributed by atoms with Crippen molar-refractivity contribution in [3.8, 4) is 0 Å². The van der Waals surface area contributed by atoms with E-state index in [4.69, 9.17) is 4.42 Å². The predicted molar refractivity (Wildman–Crippen MR) is 84.1 cm³/mol. The molecule has 110 valence electrons. The van der Waals surface area contributed by atoms with E-state index in [9.17, 15) is 0 Å². The Morgan fingerprint density at radius 2 is 2.30 bits per heavy atom. The molecule has 0 aliphatic heterocycles.